The minimum Gasteiger partial charge on any atom is -0.370 e. The SMILES string of the molecule is NC(=O)CCNC(=O)c1cn[nH]c1C1CCCCC1. The summed E-state index contributed by atoms with van der Waals surface area (Å²) in [6, 6.07) is 0. The molecule has 1 heterocycles. The molecule has 0 saturated heterocycles. The Labute approximate surface area is 112 Å². The number of H-pyrrole nitrogens is 1. The lowest BCUT2D eigenvalue weighted by Crippen LogP contribution is -2.28. The number of carbonyl (C=O) groups excluding carboxylic acids is 2. The molecule has 19 heavy (non-hydrogen) atoms. The minimum atomic E-state index is -0.417. The number of carbonyl (C=O) groups is 2. The van der Waals surface area contributed by atoms with Crippen molar-refractivity contribution in [3.05, 3.63) is 17.5 Å². The Hall–Kier alpha value is -1.85. The summed E-state index contributed by atoms with van der Waals surface area (Å²) >= 11 is 0. The number of hydrogen-bond acceptors (Lipinski definition) is 3. The van der Waals surface area contributed by atoms with Gasteiger partial charge in [0, 0.05) is 18.9 Å². The van der Waals surface area contributed by atoms with E-state index in [1.807, 2.05) is 0 Å². The molecule has 2 rings (SSSR count). The highest BCUT2D eigenvalue weighted by Gasteiger charge is 2.23. The first-order valence-electron chi connectivity index (χ1n) is 6.78. The third kappa shape index (κ3) is 3.56. The molecule has 0 atom stereocenters. The van der Waals surface area contributed by atoms with Gasteiger partial charge in [-0.25, -0.2) is 0 Å². The maximum Gasteiger partial charge on any atom is 0.254 e. The summed E-state index contributed by atoms with van der Waals surface area (Å²) in [5.74, 6) is -0.205. The van der Waals surface area contributed by atoms with E-state index < -0.39 is 5.91 Å². The monoisotopic (exact) mass is 264 g/mol. The van der Waals surface area contributed by atoms with Gasteiger partial charge in [0.25, 0.3) is 5.91 Å². The number of nitrogens with zero attached hydrogens (tertiary/aromatic N) is 1. The van der Waals surface area contributed by atoms with Crippen molar-refractivity contribution in [3.63, 3.8) is 0 Å². The number of amides is 2. The van der Waals surface area contributed by atoms with E-state index >= 15 is 0 Å². The average Bonchev–Trinajstić information content (AvgIpc) is 2.88. The molecule has 0 aliphatic heterocycles. The minimum absolute atomic E-state index is 0.155. The van der Waals surface area contributed by atoms with Crippen LogP contribution in [0.3, 0.4) is 0 Å². The molecule has 1 aliphatic carbocycles. The third-order valence-electron chi connectivity index (χ3n) is 3.58. The van der Waals surface area contributed by atoms with Gasteiger partial charge in [-0.1, -0.05) is 19.3 Å². The van der Waals surface area contributed by atoms with E-state index in [9.17, 15) is 9.59 Å². The number of aromatic nitrogens is 2. The summed E-state index contributed by atoms with van der Waals surface area (Å²) < 4.78 is 0. The van der Waals surface area contributed by atoms with Crippen molar-refractivity contribution in [2.45, 2.75) is 44.4 Å². The van der Waals surface area contributed by atoms with Crippen LogP contribution in [0.25, 0.3) is 0 Å². The molecule has 0 radical (unpaired) electrons. The largest absolute Gasteiger partial charge is 0.370 e. The predicted molar refractivity (Wildman–Crippen MR) is 70.6 cm³/mol. The molecule has 0 bridgehead atoms. The molecule has 0 spiro atoms. The van der Waals surface area contributed by atoms with E-state index in [0.717, 1.165) is 18.5 Å². The van der Waals surface area contributed by atoms with E-state index in [1.54, 1.807) is 6.20 Å². The maximum absolute atomic E-state index is 12.0. The number of hydrogen-bond donors (Lipinski definition) is 3. The molecule has 1 aliphatic rings. The smallest absolute Gasteiger partial charge is 0.254 e. The number of rotatable bonds is 5. The van der Waals surface area contributed by atoms with E-state index in [2.05, 4.69) is 15.5 Å². The fourth-order valence-corrected chi connectivity index (χ4v) is 2.57. The Morgan fingerprint density at radius 3 is 2.79 bits per heavy atom. The first-order valence-corrected chi connectivity index (χ1v) is 6.78. The van der Waals surface area contributed by atoms with Gasteiger partial charge in [-0.2, -0.15) is 5.10 Å². The molecule has 2 amide bonds. The van der Waals surface area contributed by atoms with Crippen molar-refractivity contribution < 1.29 is 9.59 Å². The second kappa shape index (κ2) is 6.36. The van der Waals surface area contributed by atoms with Crippen LogP contribution < -0.4 is 11.1 Å². The standard InChI is InChI=1S/C13H20N4O2/c14-11(18)6-7-15-13(19)10-8-16-17-12(10)9-4-2-1-3-5-9/h8-9H,1-7H2,(H2,14,18)(H,15,19)(H,16,17). The van der Waals surface area contributed by atoms with Gasteiger partial charge in [-0.3, -0.25) is 14.7 Å². The van der Waals surface area contributed by atoms with Crippen molar-refractivity contribution in [1.82, 2.24) is 15.5 Å². The molecular formula is C13H20N4O2. The summed E-state index contributed by atoms with van der Waals surface area (Å²) in [5, 5.41) is 9.63. The van der Waals surface area contributed by atoms with Gasteiger partial charge in [-0.15, -0.1) is 0 Å². The predicted octanol–water partition coefficient (Wildman–Crippen LogP) is 1.06. The van der Waals surface area contributed by atoms with Gasteiger partial charge in [0.1, 0.15) is 0 Å². The lowest BCUT2D eigenvalue weighted by atomic mass is 9.85. The van der Waals surface area contributed by atoms with Crippen molar-refractivity contribution in [2.75, 3.05) is 6.54 Å². The van der Waals surface area contributed by atoms with Crippen LogP contribution in [-0.2, 0) is 4.79 Å². The fourth-order valence-electron chi connectivity index (χ4n) is 2.57. The van der Waals surface area contributed by atoms with Crippen molar-refractivity contribution in [3.8, 4) is 0 Å². The van der Waals surface area contributed by atoms with Crippen LogP contribution >= 0.6 is 0 Å². The molecule has 104 valence electrons. The number of nitrogens with two attached hydrogens (primary N) is 1. The normalized spacial score (nSPS) is 16.2. The van der Waals surface area contributed by atoms with Gasteiger partial charge in [0.2, 0.25) is 5.91 Å². The zero-order chi connectivity index (χ0) is 13.7. The summed E-state index contributed by atoms with van der Waals surface area (Å²) in [5.41, 5.74) is 6.56. The van der Waals surface area contributed by atoms with Crippen LogP contribution in [0.5, 0.6) is 0 Å². The van der Waals surface area contributed by atoms with Crippen LogP contribution in [0.15, 0.2) is 6.20 Å². The van der Waals surface area contributed by atoms with Gasteiger partial charge in [0.15, 0.2) is 0 Å². The van der Waals surface area contributed by atoms with Crippen LogP contribution in [0, 0.1) is 0 Å². The van der Waals surface area contributed by atoms with Crippen LogP contribution in [0.1, 0.15) is 60.5 Å². The Morgan fingerprint density at radius 2 is 2.11 bits per heavy atom. The van der Waals surface area contributed by atoms with Gasteiger partial charge < -0.3 is 11.1 Å². The van der Waals surface area contributed by atoms with Gasteiger partial charge in [0.05, 0.1) is 17.5 Å². The van der Waals surface area contributed by atoms with Crippen LogP contribution in [-0.4, -0.2) is 28.6 Å². The van der Waals surface area contributed by atoms with Gasteiger partial charge >= 0.3 is 0 Å². The number of aromatic amines is 1. The topological polar surface area (TPSA) is 101 Å². The summed E-state index contributed by atoms with van der Waals surface area (Å²) in [6.07, 6.45) is 7.59. The molecule has 1 aromatic rings. The second-order valence-corrected chi connectivity index (χ2v) is 5.00. The molecular weight excluding hydrogens is 244 g/mol. The molecule has 1 saturated carbocycles. The quantitative estimate of drug-likeness (QED) is 0.741. The maximum atomic E-state index is 12.0. The molecule has 1 fully saturated rings. The molecule has 0 unspecified atom stereocenters. The second-order valence-electron chi connectivity index (χ2n) is 5.00. The fraction of sp³-hybridized carbons (Fsp3) is 0.615. The Kier molecular flexibility index (Phi) is 4.54. The summed E-state index contributed by atoms with van der Waals surface area (Å²) in [7, 11) is 0. The van der Waals surface area contributed by atoms with Crippen molar-refractivity contribution in [1.29, 1.82) is 0 Å². The van der Waals surface area contributed by atoms with Crippen molar-refractivity contribution in [2.24, 2.45) is 5.73 Å². The van der Waals surface area contributed by atoms with Gasteiger partial charge in [-0.05, 0) is 12.8 Å². The Balaban J connectivity index is 1.97. The lowest BCUT2D eigenvalue weighted by molar-refractivity contribution is -0.117. The van der Waals surface area contributed by atoms with Crippen LogP contribution in [0.4, 0.5) is 0 Å². The first kappa shape index (κ1) is 13.6. The highest BCUT2D eigenvalue weighted by Crippen LogP contribution is 2.32. The average molecular weight is 264 g/mol. The molecule has 6 heteroatoms. The van der Waals surface area contributed by atoms with E-state index in [-0.39, 0.29) is 18.9 Å². The zero-order valence-electron chi connectivity index (χ0n) is 10.9. The van der Waals surface area contributed by atoms with Crippen LogP contribution in [0.2, 0.25) is 0 Å². The Morgan fingerprint density at radius 1 is 1.37 bits per heavy atom. The number of nitrogens with one attached hydrogen (secondary N) is 2. The van der Waals surface area contributed by atoms with E-state index in [0.29, 0.717) is 11.5 Å². The zero-order valence-corrected chi connectivity index (χ0v) is 10.9. The highest BCUT2D eigenvalue weighted by atomic mass is 16.2. The summed E-state index contributed by atoms with van der Waals surface area (Å²) in [4.78, 5) is 22.7. The molecule has 0 aromatic carbocycles. The molecule has 6 nitrogen and oxygen atoms in total. The first-order chi connectivity index (χ1) is 9.18. The summed E-state index contributed by atoms with van der Waals surface area (Å²) in [6.45, 7) is 0.267. The lowest BCUT2D eigenvalue weighted by Gasteiger charge is -2.21. The third-order valence-corrected chi connectivity index (χ3v) is 3.58. The van der Waals surface area contributed by atoms with E-state index in [1.165, 1.54) is 19.3 Å². The Bertz CT molecular complexity index is 449. The highest BCUT2D eigenvalue weighted by molar-refractivity contribution is 5.95. The number of primary amides is 1. The van der Waals surface area contributed by atoms with Crippen molar-refractivity contribution >= 4 is 11.8 Å². The molecule has 4 N–H and O–H groups in total. The molecule has 1 aromatic heterocycles. The van der Waals surface area contributed by atoms with E-state index in [4.69, 9.17) is 5.73 Å².